The van der Waals surface area contributed by atoms with E-state index in [0.717, 1.165) is 30.2 Å². The molecule has 4 rings (SSSR count). The highest BCUT2D eigenvalue weighted by Gasteiger charge is 2.22. The molecule has 1 aromatic heterocycles. The van der Waals surface area contributed by atoms with Gasteiger partial charge in [0, 0.05) is 22.0 Å². The zero-order valence-corrected chi connectivity index (χ0v) is 16.8. The highest BCUT2D eigenvalue weighted by Crippen LogP contribution is 2.32. The maximum Gasteiger partial charge on any atom is 0.282 e. The molecule has 144 valence electrons. The molecule has 0 unspecified atom stereocenters. The molecular weight excluding hydrogens is 422 g/mol. The van der Waals surface area contributed by atoms with E-state index in [1.807, 2.05) is 12.1 Å². The number of hydrogen-bond acceptors (Lipinski definition) is 5. The first kappa shape index (κ1) is 18.7. The van der Waals surface area contributed by atoms with Gasteiger partial charge in [-0.3, -0.25) is 4.79 Å². The second kappa shape index (κ2) is 7.75. The molecule has 28 heavy (non-hydrogen) atoms. The van der Waals surface area contributed by atoms with E-state index < -0.39 is 0 Å². The van der Waals surface area contributed by atoms with Crippen LogP contribution in [0.3, 0.4) is 0 Å². The quantitative estimate of drug-likeness (QED) is 0.585. The van der Waals surface area contributed by atoms with Crippen LogP contribution >= 0.6 is 15.9 Å². The fourth-order valence-electron chi connectivity index (χ4n) is 3.66. The molecule has 0 amide bonds. The Morgan fingerprint density at radius 1 is 1.11 bits per heavy atom. The summed E-state index contributed by atoms with van der Waals surface area (Å²) < 4.78 is 2.16. The molecule has 1 saturated carbocycles. The second-order valence-corrected chi connectivity index (χ2v) is 7.99. The highest BCUT2D eigenvalue weighted by molar-refractivity contribution is 9.10. The molecule has 1 aliphatic carbocycles. The molecule has 0 saturated heterocycles. The number of benzene rings is 2. The number of hydrogen-bond donors (Lipinski definition) is 2. The number of aromatic hydroxyl groups is 2. The van der Waals surface area contributed by atoms with E-state index in [9.17, 15) is 15.0 Å². The SMILES string of the molecule is O=c1c2cc(Br)ccc2nc(C2CCCCC2)n1N=Cc1ccc(O)cc1O. The van der Waals surface area contributed by atoms with Gasteiger partial charge in [-0.25, -0.2) is 4.98 Å². The molecule has 1 aliphatic rings. The Bertz CT molecular complexity index is 1120. The van der Waals surface area contributed by atoms with Crippen LogP contribution in [0.15, 0.2) is 50.8 Å². The first-order valence-corrected chi connectivity index (χ1v) is 10.1. The van der Waals surface area contributed by atoms with Crippen LogP contribution in [0.2, 0.25) is 0 Å². The average molecular weight is 442 g/mol. The Hall–Kier alpha value is -2.67. The van der Waals surface area contributed by atoms with Gasteiger partial charge in [0.1, 0.15) is 17.3 Å². The molecule has 0 atom stereocenters. The minimum Gasteiger partial charge on any atom is -0.508 e. The monoisotopic (exact) mass is 441 g/mol. The van der Waals surface area contributed by atoms with Crippen LogP contribution in [0, 0.1) is 0 Å². The van der Waals surface area contributed by atoms with Crippen molar-refractivity contribution in [2.75, 3.05) is 0 Å². The largest absolute Gasteiger partial charge is 0.508 e. The summed E-state index contributed by atoms with van der Waals surface area (Å²) in [5.74, 6) is 0.702. The van der Waals surface area contributed by atoms with E-state index in [4.69, 9.17) is 4.98 Å². The second-order valence-electron chi connectivity index (χ2n) is 7.07. The van der Waals surface area contributed by atoms with Crippen molar-refractivity contribution in [1.82, 2.24) is 9.66 Å². The third-order valence-corrected chi connectivity index (χ3v) is 5.62. The molecule has 0 spiro atoms. The molecule has 7 heteroatoms. The Morgan fingerprint density at radius 2 is 1.89 bits per heavy atom. The summed E-state index contributed by atoms with van der Waals surface area (Å²) in [7, 11) is 0. The normalized spacial score (nSPS) is 15.5. The molecule has 1 fully saturated rings. The summed E-state index contributed by atoms with van der Waals surface area (Å²) >= 11 is 3.41. The van der Waals surface area contributed by atoms with Crippen LogP contribution < -0.4 is 5.56 Å². The molecule has 0 radical (unpaired) electrons. The topological polar surface area (TPSA) is 87.7 Å². The predicted molar refractivity (Wildman–Crippen MR) is 112 cm³/mol. The van der Waals surface area contributed by atoms with Crippen molar-refractivity contribution >= 4 is 33.0 Å². The molecule has 1 heterocycles. The van der Waals surface area contributed by atoms with Gasteiger partial charge in [0.25, 0.3) is 5.56 Å². The van der Waals surface area contributed by atoms with Gasteiger partial charge < -0.3 is 10.2 Å². The van der Waals surface area contributed by atoms with Crippen molar-refractivity contribution in [3.05, 3.63) is 62.6 Å². The van der Waals surface area contributed by atoms with Gasteiger partial charge in [-0.15, -0.1) is 0 Å². The average Bonchev–Trinajstić information content (AvgIpc) is 2.69. The van der Waals surface area contributed by atoms with E-state index in [0.29, 0.717) is 22.3 Å². The lowest BCUT2D eigenvalue weighted by molar-refractivity contribution is 0.416. The lowest BCUT2D eigenvalue weighted by atomic mass is 9.88. The Labute approximate surface area is 170 Å². The fourth-order valence-corrected chi connectivity index (χ4v) is 4.02. The molecule has 0 aliphatic heterocycles. The third-order valence-electron chi connectivity index (χ3n) is 5.13. The maximum absolute atomic E-state index is 13.2. The van der Waals surface area contributed by atoms with Crippen molar-refractivity contribution in [2.45, 2.75) is 38.0 Å². The van der Waals surface area contributed by atoms with Crippen LogP contribution in [0.4, 0.5) is 0 Å². The maximum atomic E-state index is 13.2. The number of rotatable bonds is 3. The zero-order chi connectivity index (χ0) is 19.7. The standard InChI is InChI=1S/C21H20BrN3O3/c22-15-7-9-18-17(10-15)21(28)25(20(24-18)13-4-2-1-3-5-13)23-12-14-6-8-16(26)11-19(14)27/h6-13,26-27H,1-5H2. The van der Waals surface area contributed by atoms with Crippen molar-refractivity contribution in [1.29, 1.82) is 0 Å². The lowest BCUT2D eigenvalue weighted by Gasteiger charge is -2.22. The summed E-state index contributed by atoms with van der Waals surface area (Å²) in [6.45, 7) is 0. The number of nitrogens with zero attached hydrogens (tertiary/aromatic N) is 3. The van der Waals surface area contributed by atoms with Crippen molar-refractivity contribution in [3.8, 4) is 11.5 Å². The number of fused-ring (bicyclic) bond motifs is 1. The minimum atomic E-state index is -0.235. The van der Waals surface area contributed by atoms with Crippen molar-refractivity contribution in [3.63, 3.8) is 0 Å². The first-order valence-electron chi connectivity index (χ1n) is 9.31. The molecule has 6 nitrogen and oxygen atoms in total. The van der Waals surface area contributed by atoms with Gasteiger partial charge >= 0.3 is 0 Å². The van der Waals surface area contributed by atoms with Crippen LogP contribution in [0.5, 0.6) is 11.5 Å². The van der Waals surface area contributed by atoms with E-state index in [-0.39, 0.29) is 23.0 Å². The summed E-state index contributed by atoms with van der Waals surface area (Å²) in [6.07, 6.45) is 6.81. The molecule has 2 aromatic carbocycles. The van der Waals surface area contributed by atoms with Crippen LogP contribution in [-0.2, 0) is 0 Å². The smallest absolute Gasteiger partial charge is 0.282 e. The summed E-state index contributed by atoms with van der Waals surface area (Å²) in [5.41, 5.74) is 0.836. The van der Waals surface area contributed by atoms with Gasteiger partial charge in [-0.1, -0.05) is 35.2 Å². The third kappa shape index (κ3) is 3.67. The molecule has 2 N–H and O–H groups in total. The van der Waals surface area contributed by atoms with Gasteiger partial charge in [0.2, 0.25) is 0 Å². The van der Waals surface area contributed by atoms with E-state index in [2.05, 4.69) is 21.0 Å². The van der Waals surface area contributed by atoms with Crippen molar-refractivity contribution in [2.24, 2.45) is 5.10 Å². The lowest BCUT2D eigenvalue weighted by Crippen LogP contribution is -2.25. The van der Waals surface area contributed by atoms with E-state index >= 15 is 0 Å². The van der Waals surface area contributed by atoms with Gasteiger partial charge in [0.15, 0.2) is 0 Å². The number of phenols is 2. The van der Waals surface area contributed by atoms with E-state index in [1.165, 1.54) is 29.4 Å². The van der Waals surface area contributed by atoms with E-state index in [1.54, 1.807) is 12.1 Å². The summed E-state index contributed by atoms with van der Waals surface area (Å²) in [5, 5.41) is 24.3. The number of halogens is 1. The minimum absolute atomic E-state index is 0.0352. The molecular formula is C21H20BrN3O3. The summed E-state index contributed by atoms with van der Waals surface area (Å²) in [6, 6.07) is 9.71. The number of phenolic OH excluding ortho intramolecular Hbond substituents is 2. The Balaban J connectivity index is 1.87. The summed E-state index contributed by atoms with van der Waals surface area (Å²) in [4.78, 5) is 18.0. The van der Waals surface area contributed by atoms with Gasteiger partial charge in [-0.2, -0.15) is 9.78 Å². The highest BCUT2D eigenvalue weighted by atomic mass is 79.9. The molecule has 0 bridgehead atoms. The zero-order valence-electron chi connectivity index (χ0n) is 15.2. The predicted octanol–water partition coefficient (Wildman–Crippen LogP) is 4.50. The molecule has 3 aromatic rings. The van der Waals surface area contributed by atoms with Crippen molar-refractivity contribution < 1.29 is 10.2 Å². The Morgan fingerprint density at radius 3 is 2.64 bits per heavy atom. The Kier molecular flexibility index (Phi) is 5.17. The number of aromatic nitrogens is 2. The first-order chi connectivity index (χ1) is 13.5. The van der Waals surface area contributed by atoms with Gasteiger partial charge in [0.05, 0.1) is 17.1 Å². The van der Waals surface area contributed by atoms with Crippen LogP contribution in [-0.4, -0.2) is 26.1 Å². The van der Waals surface area contributed by atoms with Crippen LogP contribution in [0.1, 0.15) is 49.4 Å². The van der Waals surface area contributed by atoms with Crippen LogP contribution in [0.25, 0.3) is 10.9 Å². The fraction of sp³-hybridized carbons (Fsp3) is 0.286. The van der Waals surface area contributed by atoms with Gasteiger partial charge in [-0.05, 0) is 43.2 Å².